The highest BCUT2D eigenvalue weighted by Gasteiger charge is 2.11. The second kappa shape index (κ2) is 5.61. The third kappa shape index (κ3) is 2.66. The number of rotatable bonds is 3. The lowest BCUT2D eigenvalue weighted by Crippen LogP contribution is -2.23. The standard InChI is InChI=1S/C13H17N5/c1-9-10(2)17-18-13(12(9)7-14)16-8-11-3-5-15-6-4-11/h3,15H,4-6,8H2,1-2H3,(H,16,18). The molecule has 0 spiro atoms. The van der Waals surface area contributed by atoms with Gasteiger partial charge in [0.25, 0.3) is 0 Å². The molecule has 0 radical (unpaired) electrons. The first-order valence-electron chi connectivity index (χ1n) is 6.09. The van der Waals surface area contributed by atoms with Crippen molar-refractivity contribution in [2.45, 2.75) is 20.3 Å². The summed E-state index contributed by atoms with van der Waals surface area (Å²) in [4.78, 5) is 0. The molecule has 2 rings (SSSR count). The molecular weight excluding hydrogens is 226 g/mol. The fourth-order valence-electron chi connectivity index (χ4n) is 1.90. The minimum Gasteiger partial charge on any atom is -0.364 e. The van der Waals surface area contributed by atoms with Crippen molar-refractivity contribution >= 4 is 5.82 Å². The van der Waals surface area contributed by atoms with Crippen LogP contribution in [0.25, 0.3) is 0 Å². The molecule has 0 atom stereocenters. The molecule has 18 heavy (non-hydrogen) atoms. The van der Waals surface area contributed by atoms with Gasteiger partial charge in [0.1, 0.15) is 11.6 Å². The lowest BCUT2D eigenvalue weighted by atomic mass is 10.1. The van der Waals surface area contributed by atoms with E-state index in [9.17, 15) is 5.26 Å². The maximum Gasteiger partial charge on any atom is 0.167 e. The largest absolute Gasteiger partial charge is 0.364 e. The molecule has 5 nitrogen and oxygen atoms in total. The highest BCUT2D eigenvalue weighted by molar-refractivity contribution is 5.56. The van der Waals surface area contributed by atoms with Gasteiger partial charge in [0.2, 0.25) is 0 Å². The molecule has 2 N–H and O–H groups in total. The second-order valence-corrected chi connectivity index (χ2v) is 4.42. The quantitative estimate of drug-likeness (QED) is 0.783. The van der Waals surface area contributed by atoms with E-state index in [2.05, 4.69) is 33.0 Å². The van der Waals surface area contributed by atoms with E-state index in [1.54, 1.807) is 0 Å². The summed E-state index contributed by atoms with van der Waals surface area (Å²) >= 11 is 0. The van der Waals surface area contributed by atoms with Gasteiger partial charge in [-0.3, -0.25) is 0 Å². The van der Waals surface area contributed by atoms with Crippen molar-refractivity contribution in [2.75, 3.05) is 25.0 Å². The Morgan fingerprint density at radius 3 is 2.94 bits per heavy atom. The van der Waals surface area contributed by atoms with E-state index < -0.39 is 0 Å². The fraction of sp³-hybridized carbons (Fsp3) is 0.462. The van der Waals surface area contributed by atoms with Gasteiger partial charge in [0.15, 0.2) is 5.82 Å². The molecule has 2 heterocycles. The van der Waals surface area contributed by atoms with Crippen LogP contribution in [-0.4, -0.2) is 29.8 Å². The summed E-state index contributed by atoms with van der Waals surface area (Å²) in [5.74, 6) is 0.583. The molecule has 0 saturated carbocycles. The Kier molecular flexibility index (Phi) is 3.90. The van der Waals surface area contributed by atoms with Crippen LogP contribution in [0.5, 0.6) is 0 Å². The van der Waals surface area contributed by atoms with Gasteiger partial charge in [0, 0.05) is 13.1 Å². The molecular formula is C13H17N5. The number of nitriles is 1. The maximum absolute atomic E-state index is 9.18. The molecule has 0 aromatic carbocycles. The monoisotopic (exact) mass is 243 g/mol. The zero-order valence-corrected chi connectivity index (χ0v) is 10.7. The molecule has 0 saturated heterocycles. The SMILES string of the molecule is Cc1nnc(NCC2=CCNCC2)c(C#N)c1C. The zero-order chi connectivity index (χ0) is 13.0. The van der Waals surface area contributed by atoms with Gasteiger partial charge < -0.3 is 10.6 Å². The molecule has 5 heteroatoms. The van der Waals surface area contributed by atoms with Gasteiger partial charge in [-0.25, -0.2) is 0 Å². The molecule has 94 valence electrons. The van der Waals surface area contributed by atoms with E-state index in [1.807, 2.05) is 13.8 Å². The van der Waals surface area contributed by atoms with Crippen LogP contribution in [-0.2, 0) is 0 Å². The van der Waals surface area contributed by atoms with Crippen LogP contribution < -0.4 is 10.6 Å². The summed E-state index contributed by atoms with van der Waals surface area (Å²) in [5, 5.41) is 23.8. The molecule has 1 aromatic heterocycles. The molecule has 0 bridgehead atoms. The third-order valence-electron chi connectivity index (χ3n) is 3.21. The van der Waals surface area contributed by atoms with Crippen molar-refractivity contribution in [3.8, 4) is 6.07 Å². The van der Waals surface area contributed by atoms with Crippen molar-refractivity contribution in [2.24, 2.45) is 0 Å². The fourth-order valence-corrected chi connectivity index (χ4v) is 1.90. The van der Waals surface area contributed by atoms with Gasteiger partial charge in [0.05, 0.1) is 5.69 Å². The summed E-state index contributed by atoms with van der Waals surface area (Å²) in [6.07, 6.45) is 3.21. The predicted octanol–water partition coefficient (Wildman–Crippen LogP) is 1.30. The predicted molar refractivity (Wildman–Crippen MR) is 70.3 cm³/mol. The smallest absolute Gasteiger partial charge is 0.167 e. The highest BCUT2D eigenvalue weighted by atomic mass is 15.2. The van der Waals surface area contributed by atoms with E-state index in [4.69, 9.17) is 0 Å². The topological polar surface area (TPSA) is 73.6 Å². The first kappa shape index (κ1) is 12.5. The summed E-state index contributed by atoms with van der Waals surface area (Å²) < 4.78 is 0. The maximum atomic E-state index is 9.18. The number of aryl methyl sites for hydroxylation is 1. The Morgan fingerprint density at radius 2 is 2.28 bits per heavy atom. The van der Waals surface area contributed by atoms with Crippen molar-refractivity contribution in [3.63, 3.8) is 0 Å². The van der Waals surface area contributed by atoms with E-state index in [-0.39, 0.29) is 0 Å². The van der Waals surface area contributed by atoms with Crippen LogP contribution in [0, 0.1) is 25.2 Å². The summed E-state index contributed by atoms with van der Waals surface area (Å²) in [7, 11) is 0. The Morgan fingerprint density at radius 1 is 1.44 bits per heavy atom. The number of hydrogen-bond donors (Lipinski definition) is 2. The van der Waals surface area contributed by atoms with E-state index in [0.29, 0.717) is 11.4 Å². The van der Waals surface area contributed by atoms with Gasteiger partial charge in [-0.05, 0) is 32.4 Å². The van der Waals surface area contributed by atoms with E-state index in [1.165, 1.54) is 5.57 Å². The summed E-state index contributed by atoms with van der Waals surface area (Å²) in [5.41, 5.74) is 3.64. The van der Waals surface area contributed by atoms with Crippen LogP contribution in [0.2, 0.25) is 0 Å². The molecule has 0 fully saturated rings. The van der Waals surface area contributed by atoms with Gasteiger partial charge in [-0.2, -0.15) is 10.4 Å². The molecule has 0 aliphatic carbocycles. The van der Waals surface area contributed by atoms with Crippen LogP contribution in [0.4, 0.5) is 5.82 Å². The van der Waals surface area contributed by atoms with Crippen molar-refractivity contribution in [3.05, 3.63) is 28.5 Å². The van der Waals surface area contributed by atoms with Crippen LogP contribution in [0.1, 0.15) is 23.2 Å². The van der Waals surface area contributed by atoms with Crippen molar-refractivity contribution in [1.29, 1.82) is 5.26 Å². The zero-order valence-electron chi connectivity index (χ0n) is 10.7. The highest BCUT2D eigenvalue weighted by Crippen LogP contribution is 2.17. The van der Waals surface area contributed by atoms with Crippen LogP contribution >= 0.6 is 0 Å². The number of anilines is 1. The second-order valence-electron chi connectivity index (χ2n) is 4.42. The molecule has 0 amide bonds. The normalized spacial score (nSPS) is 14.8. The van der Waals surface area contributed by atoms with Crippen LogP contribution in [0.15, 0.2) is 11.6 Å². The van der Waals surface area contributed by atoms with Crippen molar-refractivity contribution in [1.82, 2.24) is 15.5 Å². The first-order valence-corrected chi connectivity index (χ1v) is 6.09. The summed E-state index contributed by atoms with van der Waals surface area (Å²) in [6, 6.07) is 2.20. The molecule has 1 aromatic rings. The van der Waals surface area contributed by atoms with Gasteiger partial charge >= 0.3 is 0 Å². The number of nitrogens with one attached hydrogen (secondary N) is 2. The minimum atomic E-state index is 0.583. The Bertz CT molecular complexity index is 513. The first-order chi connectivity index (χ1) is 8.72. The Labute approximate surface area is 107 Å². The molecule has 1 aliphatic heterocycles. The van der Waals surface area contributed by atoms with Gasteiger partial charge in [-0.1, -0.05) is 11.6 Å². The Balaban J connectivity index is 2.12. The summed E-state index contributed by atoms with van der Waals surface area (Å²) in [6.45, 7) is 6.42. The van der Waals surface area contributed by atoms with Crippen molar-refractivity contribution < 1.29 is 0 Å². The van der Waals surface area contributed by atoms with Crippen LogP contribution in [0.3, 0.4) is 0 Å². The average molecular weight is 243 g/mol. The lowest BCUT2D eigenvalue weighted by molar-refractivity contribution is 0.697. The molecule has 1 aliphatic rings. The number of nitrogens with zero attached hydrogens (tertiary/aromatic N) is 3. The van der Waals surface area contributed by atoms with E-state index in [0.717, 1.165) is 37.3 Å². The number of hydrogen-bond acceptors (Lipinski definition) is 5. The van der Waals surface area contributed by atoms with E-state index >= 15 is 0 Å². The Hall–Kier alpha value is -1.93. The molecule has 0 unspecified atom stereocenters. The third-order valence-corrected chi connectivity index (χ3v) is 3.21. The van der Waals surface area contributed by atoms with Gasteiger partial charge in [-0.15, -0.1) is 5.10 Å². The minimum absolute atomic E-state index is 0.583. The number of aromatic nitrogens is 2. The lowest BCUT2D eigenvalue weighted by Gasteiger charge is -2.15. The average Bonchev–Trinajstić information content (AvgIpc) is 2.41.